The van der Waals surface area contributed by atoms with Gasteiger partial charge >= 0.3 is 11.9 Å². The molecule has 1 heterocycles. The Bertz CT molecular complexity index is 642. The number of fused-ring (bicyclic) bond motifs is 1. The normalized spacial score (nSPS) is 53.2. The number of carbonyl (C=O) groups is 2. The Morgan fingerprint density at radius 1 is 1.12 bits per heavy atom. The number of ether oxygens (including phenoxy) is 2. The fourth-order valence-electron chi connectivity index (χ4n) is 8.32. The topological polar surface area (TPSA) is 52.6 Å². The van der Waals surface area contributed by atoms with Gasteiger partial charge in [0.2, 0.25) is 0 Å². The van der Waals surface area contributed by atoms with Crippen LogP contribution in [0.15, 0.2) is 0 Å². The summed E-state index contributed by atoms with van der Waals surface area (Å²) in [4.78, 5) is 25.5. The van der Waals surface area contributed by atoms with Crippen molar-refractivity contribution in [2.75, 3.05) is 0 Å². The van der Waals surface area contributed by atoms with E-state index in [0.29, 0.717) is 0 Å². The highest BCUT2D eigenvalue weighted by atomic mass is 16.6. The Hall–Kier alpha value is -1.06. The standard InChI is InChI=1S/C22H29O4/c1-21(2,22-8-11-3-12(9-22)5-13(4-11)10-22)26-20(24)17-14-6-15-16(7-14)25-19(23)18(15)17/h7,11-18H,3-6,8-10H2,1-2H3. The number of hydrogen-bond acceptors (Lipinski definition) is 4. The van der Waals surface area contributed by atoms with Crippen LogP contribution in [-0.4, -0.2) is 23.6 Å². The molecule has 0 spiro atoms. The highest BCUT2D eigenvalue weighted by Crippen LogP contribution is 2.65. The van der Waals surface area contributed by atoms with Crippen LogP contribution in [0.3, 0.4) is 0 Å². The molecule has 6 bridgehead atoms. The third-order valence-corrected chi connectivity index (χ3v) is 9.18. The summed E-state index contributed by atoms with van der Waals surface area (Å²) in [5, 5.41) is 0. The Labute approximate surface area is 155 Å². The molecule has 6 aliphatic carbocycles. The summed E-state index contributed by atoms with van der Waals surface area (Å²) >= 11 is 0. The number of rotatable bonds is 3. The SMILES string of the molecule is CC(C)(OC(=O)C1C2[CH]C3OC(=O)C1C3C2)C12CC3CC(CC(C3)C1)C2. The molecule has 0 aromatic carbocycles. The van der Waals surface area contributed by atoms with E-state index in [-0.39, 0.29) is 47.1 Å². The zero-order valence-electron chi connectivity index (χ0n) is 15.8. The molecule has 4 nitrogen and oxygen atoms in total. The van der Waals surface area contributed by atoms with Crippen LogP contribution in [0.1, 0.15) is 58.8 Å². The molecule has 1 aliphatic heterocycles. The van der Waals surface area contributed by atoms with Crippen LogP contribution in [0.2, 0.25) is 0 Å². The van der Waals surface area contributed by atoms with Gasteiger partial charge in [0.05, 0.1) is 11.8 Å². The molecule has 4 heteroatoms. The first-order chi connectivity index (χ1) is 12.4. The van der Waals surface area contributed by atoms with Crippen LogP contribution in [0, 0.1) is 53.3 Å². The van der Waals surface area contributed by atoms with E-state index in [1.54, 1.807) is 0 Å². The quantitative estimate of drug-likeness (QED) is 0.725. The van der Waals surface area contributed by atoms with Crippen molar-refractivity contribution in [1.82, 2.24) is 0 Å². The monoisotopic (exact) mass is 357 g/mol. The molecular formula is C22H29O4. The fraction of sp³-hybridized carbons (Fsp3) is 0.864. The average molecular weight is 357 g/mol. The molecule has 1 radical (unpaired) electrons. The van der Waals surface area contributed by atoms with E-state index in [9.17, 15) is 9.59 Å². The van der Waals surface area contributed by atoms with Gasteiger partial charge in [-0.25, -0.2) is 0 Å². The van der Waals surface area contributed by atoms with Crippen LogP contribution < -0.4 is 0 Å². The van der Waals surface area contributed by atoms with Crippen molar-refractivity contribution in [3.8, 4) is 0 Å². The van der Waals surface area contributed by atoms with Crippen molar-refractivity contribution < 1.29 is 19.1 Å². The molecule has 5 unspecified atom stereocenters. The van der Waals surface area contributed by atoms with Crippen molar-refractivity contribution in [1.29, 1.82) is 0 Å². The van der Waals surface area contributed by atoms with Crippen molar-refractivity contribution in [2.45, 2.75) is 70.5 Å². The lowest BCUT2D eigenvalue weighted by molar-refractivity contribution is -0.204. The Morgan fingerprint density at radius 2 is 1.73 bits per heavy atom. The van der Waals surface area contributed by atoms with Crippen LogP contribution in [0.25, 0.3) is 0 Å². The van der Waals surface area contributed by atoms with Gasteiger partial charge < -0.3 is 9.47 Å². The number of carbonyl (C=O) groups excluding carboxylic acids is 2. The maximum absolute atomic E-state index is 13.2. The predicted octanol–water partition coefficient (Wildman–Crippen LogP) is 3.54. The zero-order chi connectivity index (χ0) is 17.8. The lowest BCUT2D eigenvalue weighted by atomic mass is 9.46. The minimum atomic E-state index is -0.441. The average Bonchev–Trinajstić information content (AvgIpc) is 3.14. The minimum absolute atomic E-state index is 0.0438. The zero-order valence-corrected chi connectivity index (χ0v) is 15.8. The summed E-state index contributed by atoms with van der Waals surface area (Å²) in [7, 11) is 0. The van der Waals surface area contributed by atoms with E-state index in [2.05, 4.69) is 20.3 Å². The highest BCUT2D eigenvalue weighted by molar-refractivity contribution is 5.86. The first-order valence-corrected chi connectivity index (χ1v) is 10.6. The molecule has 6 saturated carbocycles. The summed E-state index contributed by atoms with van der Waals surface area (Å²) in [6.07, 6.45) is 10.8. The Balaban J connectivity index is 1.25. The first-order valence-electron chi connectivity index (χ1n) is 10.6. The molecule has 1 saturated heterocycles. The van der Waals surface area contributed by atoms with Gasteiger partial charge in [0.1, 0.15) is 11.7 Å². The number of hydrogen-bond donors (Lipinski definition) is 0. The van der Waals surface area contributed by atoms with E-state index >= 15 is 0 Å². The summed E-state index contributed by atoms with van der Waals surface area (Å²) in [6.45, 7) is 4.29. The van der Waals surface area contributed by atoms with Crippen LogP contribution in [-0.2, 0) is 19.1 Å². The number of esters is 2. The molecule has 0 amide bonds. The van der Waals surface area contributed by atoms with Gasteiger partial charge in [-0.1, -0.05) is 0 Å². The lowest BCUT2D eigenvalue weighted by Gasteiger charge is -2.61. The second-order valence-electron chi connectivity index (χ2n) is 10.8. The van der Waals surface area contributed by atoms with Crippen molar-refractivity contribution in [3.05, 3.63) is 6.42 Å². The van der Waals surface area contributed by atoms with E-state index < -0.39 is 5.60 Å². The van der Waals surface area contributed by atoms with Crippen LogP contribution >= 0.6 is 0 Å². The molecular weight excluding hydrogens is 328 g/mol. The van der Waals surface area contributed by atoms with Gasteiger partial charge in [0, 0.05) is 17.8 Å². The third kappa shape index (κ3) is 1.91. The molecule has 5 atom stereocenters. The molecule has 7 fully saturated rings. The molecule has 0 N–H and O–H groups in total. The molecule has 7 aliphatic rings. The summed E-state index contributed by atoms with van der Waals surface area (Å²) in [6, 6.07) is 0. The molecule has 141 valence electrons. The lowest BCUT2D eigenvalue weighted by Crippen LogP contribution is -2.58. The molecule has 7 rings (SSSR count). The van der Waals surface area contributed by atoms with E-state index in [0.717, 1.165) is 24.2 Å². The van der Waals surface area contributed by atoms with Crippen molar-refractivity contribution in [2.24, 2.45) is 46.8 Å². The van der Waals surface area contributed by atoms with Gasteiger partial charge in [0.15, 0.2) is 0 Å². The van der Waals surface area contributed by atoms with Crippen LogP contribution in [0.5, 0.6) is 0 Å². The predicted molar refractivity (Wildman–Crippen MR) is 93.5 cm³/mol. The van der Waals surface area contributed by atoms with Gasteiger partial charge in [-0.3, -0.25) is 9.59 Å². The van der Waals surface area contributed by atoms with Gasteiger partial charge in [-0.2, -0.15) is 0 Å². The van der Waals surface area contributed by atoms with Gasteiger partial charge in [0.25, 0.3) is 0 Å². The smallest absolute Gasteiger partial charge is 0.310 e. The molecule has 0 aromatic rings. The minimum Gasteiger partial charge on any atom is -0.461 e. The van der Waals surface area contributed by atoms with Crippen LogP contribution in [0.4, 0.5) is 0 Å². The maximum atomic E-state index is 13.2. The largest absolute Gasteiger partial charge is 0.461 e. The molecule has 26 heavy (non-hydrogen) atoms. The third-order valence-electron chi connectivity index (χ3n) is 9.18. The maximum Gasteiger partial charge on any atom is 0.310 e. The Kier molecular flexibility index (Phi) is 2.98. The Morgan fingerprint density at radius 3 is 2.35 bits per heavy atom. The molecule has 0 aromatic heterocycles. The summed E-state index contributed by atoms with van der Waals surface area (Å²) in [5.41, 5.74) is -0.290. The summed E-state index contributed by atoms with van der Waals surface area (Å²) in [5.74, 6) is 2.01. The second-order valence-corrected chi connectivity index (χ2v) is 10.8. The van der Waals surface area contributed by atoms with Gasteiger partial charge in [-0.15, -0.1) is 0 Å². The van der Waals surface area contributed by atoms with Crippen molar-refractivity contribution >= 4 is 11.9 Å². The summed E-state index contributed by atoms with van der Waals surface area (Å²) < 4.78 is 11.7. The van der Waals surface area contributed by atoms with E-state index in [1.807, 2.05) is 0 Å². The second kappa shape index (κ2) is 4.86. The van der Waals surface area contributed by atoms with Crippen molar-refractivity contribution in [3.63, 3.8) is 0 Å². The fourth-order valence-corrected chi connectivity index (χ4v) is 8.32. The highest BCUT2D eigenvalue weighted by Gasteiger charge is 2.66. The first kappa shape index (κ1) is 15.9. The van der Waals surface area contributed by atoms with E-state index in [4.69, 9.17) is 9.47 Å². The van der Waals surface area contributed by atoms with Gasteiger partial charge in [-0.05, 0) is 82.5 Å². The van der Waals surface area contributed by atoms with E-state index in [1.165, 1.54) is 38.5 Å².